The maximum absolute atomic E-state index is 4.29. The minimum absolute atomic E-state index is 0.179. The maximum atomic E-state index is 4.29. The van der Waals surface area contributed by atoms with Gasteiger partial charge in [-0.3, -0.25) is 5.10 Å². The summed E-state index contributed by atoms with van der Waals surface area (Å²) in [5.74, 6) is 0. The first-order valence-corrected chi connectivity index (χ1v) is 6.92. The molecule has 1 aromatic rings. The number of aryl methyl sites for hydroxylation is 1. The summed E-state index contributed by atoms with van der Waals surface area (Å²) < 4.78 is 0. The lowest BCUT2D eigenvalue weighted by Gasteiger charge is -2.23. The van der Waals surface area contributed by atoms with E-state index in [-0.39, 0.29) is 5.54 Å². The van der Waals surface area contributed by atoms with E-state index in [1.165, 1.54) is 5.69 Å². The number of aromatic amines is 1. The number of nitrogens with one attached hydrogen (secondary N) is 3. The lowest BCUT2D eigenvalue weighted by atomic mass is 10.1. The van der Waals surface area contributed by atoms with Crippen molar-refractivity contribution in [3.05, 3.63) is 17.5 Å². The van der Waals surface area contributed by atoms with Crippen molar-refractivity contribution in [1.29, 1.82) is 0 Å². The van der Waals surface area contributed by atoms with Crippen LogP contribution in [0.2, 0.25) is 0 Å². The van der Waals surface area contributed by atoms with Gasteiger partial charge >= 0.3 is 0 Å². The topological polar surface area (TPSA) is 52.7 Å². The fourth-order valence-electron chi connectivity index (χ4n) is 1.70. The van der Waals surface area contributed by atoms with E-state index in [0.29, 0.717) is 6.04 Å². The Morgan fingerprint density at radius 1 is 1.39 bits per heavy atom. The van der Waals surface area contributed by atoms with Crippen LogP contribution in [0.25, 0.3) is 0 Å². The molecule has 1 unspecified atom stereocenters. The van der Waals surface area contributed by atoms with Crippen molar-refractivity contribution < 1.29 is 0 Å². The molecule has 4 heteroatoms. The van der Waals surface area contributed by atoms with Gasteiger partial charge in [-0.25, -0.2) is 0 Å². The molecular weight excluding hydrogens is 224 g/mol. The van der Waals surface area contributed by atoms with E-state index >= 15 is 0 Å². The van der Waals surface area contributed by atoms with Gasteiger partial charge in [-0.1, -0.05) is 13.3 Å². The molecule has 0 bridgehead atoms. The van der Waals surface area contributed by atoms with Crippen molar-refractivity contribution in [2.24, 2.45) is 0 Å². The van der Waals surface area contributed by atoms with Gasteiger partial charge in [0.25, 0.3) is 0 Å². The second-order valence-electron chi connectivity index (χ2n) is 6.05. The molecule has 0 spiro atoms. The monoisotopic (exact) mass is 252 g/mol. The van der Waals surface area contributed by atoms with Crippen LogP contribution in [0.5, 0.6) is 0 Å². The van der Waals surface area contributed by atoms with Crippen LogP contribution in [0.3, 0.4) is 0 Å². The normalized spacial score (nSPS) is 13.8. The molecule has 1 rings (SSSR count). The first kappa shape index (κ1) is 15.2. The van der Waals surface area contributed by atoms with Crippen LogP contribution in [0.4, 0.5) is 0 Å². The molecule has 0 radical (unpaired) electrons. The summed E-state index contributed by atoms with van der Waals surface area (Å²) in [6.45, 7) is 12.8. The van der Waals surface area contributed by atoms with E-state index < -0.39 is 0 Å². The van der Waals surface area contributed by atoms with Crippen LogP contribution in [0.15, 0.2) is 6.07 Å². The number of nitrogens with zero attached hydrogens (tertiary/aromatic N) is 1. The second-order valence-corrected chi connectivity index (χ2v) is 6.05. The Morgan fingerprint density at radius 2 is 2.11 bits per heavy atom. The Kier molecular flexibility index (Phi) is 5.82. The number of H-pyrrole nitrogens is 1. The molecule has 104 valence electrons. The minimum atomic E-state index is 0.179. The van der Waals surface area contributed by atoms with Gasteiger partial charge in [-0.05, 0) is 40.2 Å². The molecule has 0 aromatic carbocycles. The van der Waals surface area contributed by atoms with Gasteiger partial charge in [-0.15, -0.1) is 0 Å². The second kappa shape index (κ2) is 6.90. The van der Waals surface area contributed by atoms with E-state index in [2.05, 4.69) is 61.5 Å². The highest BCUT2D eigenvalue weighted by Gasteiger charge is 2.10. The molecular formula is C14H28N4. The Bertz CT molecular complexity index is 338. The molecule has 18 heavy (non-hydrogen) atoms. The van der Waals surface area contributed by atoms with Crippen molar-refractivity contribution in [1.82, 2.24) is 20.8 Å². The average Bonchev–Trinajstić information content (AvgIpc) is 2.71. The van der Waals surface area contributed by atoms with Crippen molar-refractivity contribution in [2.75, 3.05) is 6.54 Å². The van der Waals surface area contributed by atoms with Gasteiger partial charge < -0.3 is 10.6 Å². The van der Waals surface area contributed by atoms with E-state index in [9.17, 15) is 0 Å². The van der Waals surface area contributed by atoms with Crippen LogP contribution in [0, 0.1) is 0 Å². The van der Waals surface area contributed by atoms with Gasteiger partial charge in [0.15, 0.2) is 0 Å². The number of hydrogen-bond acceptors (Lipinski definition) is 3. The summed E-state index contributed by atoms with van der Waals surface area (Å²) in [6.07, 6.45) is 2.20. The quantitative estimate of drug-likeness (QED) is 0.697. The predicted molar refractivity (Wildman–Crippen MR) is 76.6 cm³/mol. The van der Waals surface area contributed by atoms with Crippen molar-refractivity contribution in [3.8, 4) is 0 Å². The third-order valence-electron chi connectivity index (χ3n) is 2.77. The number of rotatable bonds is 7. The lowest BCUT2D eigenvalue weighted by molar-refractivity contribution is 0.386. The van der Waals surface area contributed by atoms with Crippen LogP contribution >= 0.6 is 0 Å². The summed E-state index contributed by atoms with van der Waals surface area (Å²) in [7, 11) is 0. The van der Waals surface area contributed by atoms with E-state index in [4.69, 9.17) is 0 Å². The summed E-state index contributed by atoms with van der Waals surface area (Å²) >= 11 is 0. The van der Waals surface area contributed by atoms with Gasteiger partial charge in [0.05, 0.1) is 5.69 Å². The summed E-state index contributed by atoms with van der Waals surface area (Å²) in [4.78, 5) is 0. The molecule has 1 aromatic heterocycles. The molecule has 0 saturated carbocycles. The van der Waals surface area contributed by atoms with Gasteiger partial charge in [0, 0.05) is 30.4 Å². The zero-order chi connectivity index (χ0) is 13.6. The Hall–Kier alpha value is -0.870. The molecule has 0 saturated heterocycles. The van der Waals surface area contributed by atoms with E-state index in [0.717, 1.165) is 31.6 Å². The largest absolute Gasteiger partial charge is 0.311 e. The van der Waals surface area contributed by atoms with Gasteiger partial charge in [0.2, 0.25) is 0 Å². The number of hydrogen-bond donors (Lipinski definition) is 3. The van der Waals surface area contributed by atoms with Crippen molar-refractivity contribution >= 4 is 0 Å². The highest BCUT2D eigenvalue weighted by molar-refractivity contribution is 5.08. The first-order valence-electron chi connectivity index (χ1n) is 6.92. The molecule has 0 fully saturated rings. The zero-order valence-corrected chi connectivity index (χ0v) is 12.4. The van der Waals surface area contributed by atoms with Crippen LogP contribution < -0.4 is 10.6 Å². The summed E-state index contributed by atoms with van der Waals surface area (Å²) in [6, 6.07) is 2.60. The fourth-order valence-corrected chi connectivity index (χ4v) is 1.70. The fraction of sp³-hybridized carbons (Fsp3) is 0.786. The third-order valence-corrected chi connectivity index (χ3v) is 2.77. The standard InChI is InChI=1S/C14H28N4/c1-6-7-12-8-13(18-17-12)10-15-11(2)9-16-14(3,4)5/h8,11,15-16H,6-7,9-10H2,1-5H3,(H,17,18). The van der Waals surface area contributed by atoms with Gasteiger partial charge in [-0.2, -0.15) is 5.10 Å². The van der Waals surface area contributed by atoms with Crippen LogP contribution in [0.1, 0.15) is 52.4 Å². The highest BCUT2D eigenvalue weighted by Crippen LogP contribution is 2.03. The molecule has 0 aliphatic heterocycles. The Morgan fingerprint density at radius 3 is 2.72 bits per heavy atom. The molecule has 0 amide bonds. The zero-order valence-electron chi connectivity index (χ0n) is 12.4. The molecule has 1 atom stereocenters. The molecule has 4 nitrogen and oxygen atoms in total. The predicted octanol–water partition coefficient (Wildman–Crippen LogP) is 2.23. The smallest absolute Gasteiger partial charge is 0.0625 e. The maximum Gasteiger partial charge on any atom is 0.0625 e. The van der Waals surface area contributed by atoms with Crippen molar-refractivity contribution in [2.45, 2.75) is 65.6 Å². The lowest BCUT2D eigenvalue weighted by Crippen LogP contribution is -2.44. The van der Waals surface area contributed by atoms with E-state index in [1.54, 1.807) is 0 Å². The summed E-state index contributed by atoms with van der Waals surface area (Å²) in [5.41, 5.74) is 2.51. The SMILES string of the molecule is CCCc1cc(CNC(C)CNC(C)(C)C)[nH]n1. The minimum Gasteiger partial charge on any atom is -0.311 e. The molecule has 0 aliphatic carbocycles. The molecule has 1 heterocycles. The Labute approximate surface area is 111 Å². The summed E-state index contributed by atoms with van der Waals surface area (Å²) in [5, 5.41) is 14.4. The number of aromatic nitrogens is 2. The van der Waals surface area contributed by atoms with Crippen LogP contribution in [-0.2, 0) is 13.0 Å². The average molecular weight is 252 g/mol. The van der Waals surface area contributed by atoms with Crippen molar-refractivity contribution in [3.63, 3.8) is 0 Å². The third kappa shape index (κ3) is 6.17. The first-order chi connectivity index (χ1) is 8.40. The highest BCUT2D eigenvalue weighted by atomic mass is 15.1. The Balaban J connectivity index is 2.26. The van der Waals surface area contributed by atoms with Gasteiger partial charge in [0.1, 0.15) is 0 Å². The van der Waals surface area contributed by atoms with E-state index in [1.807, 2.05) is 0 Å². The molecule has 3 N–H and O–H groups in total. The molecule has 0 aliphatic rings. The van der Waals surface area contributed by atoms with Crippen LogP contribution in [-0.4, -0.2) is 28.3 Å².